The van der Waals surface area contributed by atoms with Gasteiger partial charge in [-0.15, -0.1) is 0 Å². The predicted octanol–water partition coefficient (Wildman–Crippen LogP) is 4.34. The van der Waals surface area contributed by atoms with Gasteiger partial charge in [-0.2, -0.15) is 0 Å². The van der Waals surface area contributed by atoms with Gasteiger partial charge in [0.05, 0.1) is 10.6 Å². The molecular weight excluding hydrogens is 469 g/mol. The zero-order valence-corrected chi connectivity index (χ0v) is 19.8. The van der Waals surface area contributed by atoms with Gasteiger partial charge in [0.1, 0.15) is 11.2 Å². The van der Waals surface area contributed by atoms with E-state index in [0.29, 0.717) is 34.6 Å². The molecule has 0 bridgehead atoms. The Labute approximate surface area is 198 Å². The van der Waals surface area contributed by atoms with Crippen LogP contribution in [0.1, 0.15) is 0 Å². The van der Waals surface area contributed by atoms with Crippen molar-refractivity contribution in [3.63, 3.8) is 0 Å². The van der Waals surface area contributed by atoms with Crippen LogP contribution in [0.2, 0.25) is 10.0 Å². The van der Waals surface area contributed by atoms with E-state index in [2.05, 4.69) is 26.3 Å². The molecule has 0 saturated heterocycles. The quantitative estimate of drug-likeness (QED) is 0.295. The van der Waals surface area contributed by atoms with Crippen LogP contribution in [0.25, 0.3) is 0 Å². The van der Waals surface area contributed by atoms with E-state index in [1.54, 1.807) is 31.4 Å². The Kier molecular flexibility index (Phi) is 8.58. The van der Waals surface area contributed by atoms with Crippen molar-refractivity contribution in [1.29, 1.82) is 0 Å². The molecule has 0 amide bonds. The van der Waals surface area contributed by atoms with Crippen LogP contribution in [0, 0.1) is 0 Å². The predicted molar refractivity (Wildman–Crippen MR) is 133 cm³/mol. The molecule has 3 aromatic rings. The third kappa shape index (κ3) is 6.49. The third-order valence-corrected chi connectivity index (χ3v) is 7.30. The van der Waals surface area contributed by atoms with Crippen LogP contribution in [-0.2, 0) is 9.84 Å². The molecule has 0 radical (unpaired) electrons. The number of likely N-dealkylation sites (N-methyl/N-ethyl adjacent to an activating group) is 1. The lowest BCUT2D eigenvalue weighted by atomic mass is 10.3. The highest BCUT2D eigenvalue weighted by Gasteiger charge is 2.26. The molecule has 10 heteroatoms. The second-order valence-electron chi connectivity index (χ2n) is 6.92. The summed E-state index contributed by atoms with van der Waals surface area (Å²) in [6.45, 7) is 1.44. The second kappa shape index (κ2) is 11.4. The second-order valence-corrected chi connectivity index (χ2v) is 9.92. The van der Waals surface area contributed by atoms with Gasteiger partial charge in [0, 0.05) is 41.6 Å². The molecule has 1 heterocycles. The Bertz CT molecular complexity index is 1110. The zero-order valence-electron chi connectivity index (χ0n) is 17.5. The monoisotopic (exact) mass is 493 g/mol. The van der Waals surface area contributed by atoms with Crippen molar-refractivity contribution < 1.29 is 8.42 Å². The van der Waals surface area contributed by atoms with Gasteiger partial charge in [-0.1, -0.05) is 23.2 Å². The van der Waals surface area contributed by atoms with Crippen LogP contribution in [0.3, 0.4) is 0 Å². The lowest BCUT2D eigenvalue weighted by Gasteiger charge is -2.20. The molecule has 0 saturated carbocycles. The van der Waals surface area contributed by atoms with E-state index < -0.39 is 15.2 Å². The summed E-state index contributed by atoms with van der Waals surface area (Å²) >= 11 is 11.8. The lowest BCUT2D eigenvalue weighted by Crippen LogP contribution is -2.40. The standard InChI is InChI=1S/C22H25Cl2N5O2S/c1-25-21(32(30,31)19-10-6-17(24)7-11-19)15-29-20-3-2-12-27-22(20)28-14-13-26-18-8-4-16(23)5-9-18/h2-12,21,25-26,29H,13-15H2,1H3,(H,27,28). The first kappa shape index (κ1) is 24.1. The largest absolute Gasteiger partial charge is 0.383 e. The van der Waals surface area contributed by atoms with Crippen LogP contribution in [0.5, 0.6) is 0 Å². The summed E-state index contributed by atoms with van der Waals surface area (Å²) in [6.07, 6.45) is 1.68. The fraction of sp³-hybridized carbons (Fsp3) is 0.227. The average molecular weight is 494 g/mol. The highest BCUT2D eigenvalue weighted by molar-refractivity contribution is 7.92. The fourth-order valence-corrected chi connectivity index (χ4v) is 4.71. The van der Waals surface area contributed by atoms with E-state index in [9.17, 15) is 8.42 Å². The van der Waals surface area contributed by atoms with E-state index in [1.165, 1.54) is 12.1 Å². The van der Waals surface area contributed by atoms with E-state index >= 15 is 0 Å². The first-order valence-electron chi connectivity index (χ1n) is 9.99. The number of sulfone groups is 1. The minimum absolute atomic E-state index is 0.158. The highest BCUT2D eigenvalue weighted by atomic mass is 35.5. The normalized spacial score (nSPS) is 12.2. The van der Waals surface area contributed by atoms with Gasteiger partial charge in [-0.05, 0) is 67.7 Å². The molecule has 7 nitrogen and oxygen atoms in total. The minimum atomic E-state index is -3.60. The molecule has 2 aromatic carbocycles. The summed E-state index contributed by atoms with van der Waals surface area (Å²) in [5.41, 5.74) is 1.69. The van der Waals surface area contributed by atoms with Gasteiger partial charge in [-0.25, -0.2) is 13.4 Å². The Morgan fingerprint density at radius 3 is 2.16 bits per heavy atom. The smallest absolute Gasteiger partial charge is 0.195 e. The highest BCUT2D eigenvalue weighted by Crippen LogP contribution is 2.21. The molecule has 0 fully saturated rings. The molecule has 1 aromatic heterocycles. The molecule has 170 valence electrons. The number of pyridine rings is 1. The van der Waals surface area contributed by atoms with Crippen LogP contribution in [0.15, 0.2) is 71.8 Å². The van der Waals surface area contributed by atoms with Crippen LogP contribution in [-0.4, -0.2) is 45.5 Å². The zero-order chi connectivity index (χ0) is 23.0. The van der Waals surface area contributed by atoms with Gasteiger partial charge in [-0.3, -0.25) is 0 Å². The molecule has 1 unspecified atom stereocenters. The summed E-state index contributed by atoms with van der Waals surface area (Å²) in [4.78, 5) is 4.57. The summed E-state index contributed by atoms with van der Waals surface area (Å²) < 4.78 is 25.9. The van der Waals surface area contributed by atoms with Gasteiger partial charge in [0.15, 0.2) is 9.84 Å². The van der Waals surface area contributed by atoms with Gasteiger partial charge in [0.2, 0.25) is 0 Å². The Morgan fingerprint density at radius 2 is 1.50 bits per heavy atom. The number of hydrogen-bond donors (Lipinski definition) is 4. The van der Waals surface area contributed by atoms with E-state index in [-0.39, 0.29) is 11.4 Å². The number of nitrogens with zero attached hydrogens (tertiary/aromatic N) is 1. The molecule has 0 aliphatic carbocycles. The minimum Gasteiger partial charge on any atom is -0.383 e. The number of hydrogen-bond acceptors (Lipinski definition) is 7. The number of benzene rings is 2. The number of rotatable bonds is 11. The average Bonchev–Trinajstić information content (AvgIpc) is 2.79. The molecule has 4 N–H and O–H groups in total. The molecular formula is C22H25Cl2N5O2S. The summed E-state index contributed by atoms with van der Waals surface area (Å²) in [7, 11) is -1.98. The summed E-state index contributed by atoms with van der Waals surface area (Å²) in [6, 6.07) is 17.3. The number of aromatic nitrogens is 1. The van der Waals surface area contributed by atoms with Gasteiger partial charge < -0.3 is 21.3 Å². The topological polar surface area (TPSA) is 95.2 Å². The van der Waals surface area contributed by atoms with Crippen molar-refractivity contribution in [2.24, 2.45) is 0 Å². The summed E-state index contributed by atoms with van der Waals surface area (Å²) in [5, 5.41) is 13.0. The van der Waals surface area contributed by atoms with Crippen molar-refractivity contribution in [3.05, 3.63) is 76.9 Å². The molecule has 0 aliphatic rings. The molecule has 1 atom stereocenters. The molecule has 0 aliphatic heterocycles. The number of anilines is 3. The maximum Gasteiger partial charge on any atom is 0.195 e. The molecule has 0 spiro atoms. The SMILES string of the molecule is CNC(CNc1cccnc1NCCNc1ccc(Cl)cc1)S(=O)(=O)c1ccc(Cl)cc1. The van der Waals surface area contributed by atoms with Gasteiger partial charge in [0.25, 0.3) is 0 Å². The van der Waals surface area contributed by atoms with Crippen molar-refractivity contribution in [3.8, 4) is 0 Å². The maximum atomic E-state index is 13.0. The van der Waals surface area contributed by atoms with Crippen LogP contribution >= 0.6 is 23.2 Å². The van der Waals surface area contributed by atoms with E-state index in [1.807, 2.05) is 30.3 Å². The first-order valence-corrected chi connectivity index (χ1v) is 12.3. The Balaban J connectivity index is 1.58. The number of nitrogens with one attached hydrogen (secondary N) is 4. The fourth-order valence-electron chi connectivity index (χ4n) is 3.00. The Morgan fingerprint density at radius 1 is 0.875 bits per heavy atom. The van der Waals surface area contributed by atoms with Gasteiger partial charge >= 0.3 is 0 Å². The Hall–Kier alpha value is -2.52. The van der Waals surface area contributed by atoms with E-state index in [0.717, 1.165) is 5.69 Å². The van der Waals surface area contributed by atoms with Crippen molar-refractivity contribution in [2.45, 2.75) is 10.3 Å². The van der Waals surface area contributed by atoms with Crippen molar-refractivity contribution in [2.75, 3.05) is 42.6 Å². The third-order valence-electron chi connectivity index (χ3n) is 4.72. The van der Waals surface area contributed by atoms with Crippen molar-refractivity contribution in [1.82, 2.24) is 10.3 Å². The molecule has 3 rings (SSSR count). The van der Waals surface area contributed by atoms with Crippen molar-refractivity contribution >= 4 is 50.2 Å². The maximum absolute atomic E-state index is 13.0. The lowest BCUT2D eigenvalue weighted by molar-refractivity contribution is 0.568. The molecule has 32 heavy (non-hydrogen) atoms. The number of halogens is 2. The van der Waals surface area contributed by atoms with E-state index in [4.69, 9.17) is 23.2 Å². The summed E-state index contributed by atoms with van der Waals surface area (Å²) in [5.74, 6) is 0.643. The van der Waals surface area contributed by atoms with Crippen LogP contribution < -0.4 is 21.3 Å². The first-order chi connectivity index (χ1) is 15.4. The van der Waals surface area contributed by atoms with Crippen LogP contribution in [0.4, 0.5) is 17.2 Å².